The fourth-order valence-electron chi connectivity index (χ4n) is 3.01. The molecule has 0 atom stereocenters. The van der Waals surface area contributed by atoms with Crippen molar-refractivity contribution in [1.29, 1.82) is 0 Å². The number of rotatable bonds is 9. The molecule has 0 aromatic heterocycles. The van der Waals surface area contributed by atoms with Crippen LogP contribution in [0.3, 0.4) is 0 Å². The molecule has 3 rings (SSSR count). The second-order valence-corrected chi connectivity index (χ2v) is 10.2. The molecule has 0 radical (unpaired) electrons. The van der Waals surface area contributed by atoms with E-state index in [1.165, 1.54) is 30.3 Å². The van der Waals surface area contributed by atoms with Crippen molar-refractivity contribution >= 4 is 43.8 Å². The normalized spacial score (nSPS) is 11.6. The molecule has 0 aliphatic rings. The number of hydrazone groups is 1. The van der Waals surface area contributed by atoms with Gasteiger partial charge in [-0.2, -0.15) is 9.41 Å². The van der Waals surface area contributed by atoms with Crippen molar-refractivity contribution in [2.45, 2.75) is 18.4 Å². The highest BCUT2D eigenvalue weighted by molar-refractivity contribution is 9.10. The molecule has 9 nitrogen and oxygen atoms in total. The van der Waals surface area contributed by atoms with Gasteiger partial charge in [-0.05, 0) is 42.8 Å². The number of carbonyl (C=O) groups excluding carboxylic acids is 1. The molecule has 11 heteroatoms. The number of para-hydroxylation sites is 1. The highest BCUT2D eigenvalue weighted by Crippen LogP contribution is 2.21. The van der Waals surface area contributed by atoms with Crippen molar-refractivity contribution in [3.63, 3.8) is 0 Å². The molecule has 0 bridgehead atoms. The van der Waals surface area contributed by atoms with E-state index < -0.39 is 27.4 Å². The minimum Gasteiger partial charge on any atom is -0.272 e. The van der Waals surface area contributed by atoms with Crippen molar-refractivity contribution < 1.29 is 18.1 Å². The Labute approximate surface area is 205 Å². The van der Waals surface area contributed by atoms with Crippen LogP contribution in [0.15, 0.2) is 87.3 Å². The number of nitro benzene ring substituents is 1. The molecule has 0 fully saturated rings. The number of benzene rings is 3. The third-order valence-electron chi connectivity index (χ3n) is 4.78. The van der Waals surface area contributed by atoms with Gasteiger partial charge in [0.2, 0.25) is 10.0 Å². The largest absolute Gasteiger partial charge is 0.278 e. The molecule has 0 saturated carbocycles. The van der Waals surface area contributed by atoms with E-state index >= 15 is 0 Å². The Morgan fingerprint density at radius 2 is 1.74 bits per heavy atom. The number of nitrogens with one attached hydrogen (secondary N) is 1. The number of sulfonamides is 1. The highest BCUT2D eigenvalue weighted by atomic mass is 79.9. The predicted octanol–water partition coefficient (Wildman–Crippen LogP) is 4.01. The Balaban J connectivity index is 1.80. The standard InChI is InChI=1S/C23H21BrN4O5S/c1-17-6-8-18(9-7-17)15-27(34(32,33)21-12-10-20(24)11-13-21)16-23(29)26-25-14-19-4-2-3-5-22(19)28(30)31/h2-14H,15-16H2,1H3,(H,26,29)/b25-14-. The maximum atomic E-state index is 13.3. The summed E-state index contributed by atoms with van der Waals surface area (Å²) in [4.78, 5) is 23.2. The van der Waals surface area contributed by atoms with E-state index in [0.717, 1.165) is 20.6 Å². The molecule has 0 heterocycles. The number of amides is 1. The lowest BCUT2D eigenvalue weighted by Crippen LogP contribution is -2.39. The molecule has 176 valence electrons. The smallest absolute Gasteiger partial charge is 0.272 e. The van der Waals surface area contributed by atoms with Gasteiger partial charge in [-0.15, -0.1) is 0 Å². The number of halogens is 1. The molecule has 34 heavy (non-hydrogen) atoms. The summed E-state index contributed by atoms with van der Waals surface area (Å²) in [5, 5.41) is 14.9. The molecular weight excluding hydrogens is 524 g/mol. The number of nitro groups is 1. The average Bonchev–Trinajstić information content (AvgIpc) is 2.80. The summed E-state index contributed by atoms with van der Waals surface area (Å²) in [6, 6.07) is 19.3. The Hall–Kier alpha value is -3.41. The first-order valence-corrected chi connectivity index (χ1v) is 12.3. The van der Waals surface area contributed by atoms with Crippen molar-refractivity contribution in [2.24, 2.45) is 5.10 Å². The highest BCUT2D eigenvalue weighted by Gasteiger charge is 2.27. The van der Waals surface area contributed by atoms with Gasteiger partial charge in [-0.25, -0.2) is 13.8 Å². The van der Waals surface area contributed by atoms with Crippen molar-refractivity contribution in [3.8, 4) is 0 Å². The summed E-state index contributed by atoms with van der Waals surface area (Å²) in [6.45, 7) is 1.39. The zero-order valence-corrected chi connectivity index (χ0v) is 20.5. The molecule has 0 aliphatic heterocycles. The Morgan fingerprint density at radius 3 is 2.38 bits per heavy atom. The van der Waals surface area contributed by atoms with Crippen LogP contribution >= 0.6 is 15.9 Å². The lowest BCUT2D eigenvalue weighted by atomic mass is 10.1. The second kappa shape index (κ2) is 11.1. The number of aryl methyl sites for hydroxylation is 1. The van der Waals surface area contributed by atoms with E-state index in [2.05, 4.69) is 26.5 Å². The van der Waals surface area contributed by atoms with E-state index in [4.69, 9.17) is 0 Å². The summed E-state index contributed by atoms with van der Waals surface area (Å²) in [7, 11) is -4.01. The van der Waals surface area contributed by atoms with Crippen LogP contribution in [-0.4, -0.2) is 36.3 Å². The van der Waals surface area contributed by atoms with Crippen LogP contribution in [0.1, 0.15) is 16.7 Å². The van der Waals surface area contributed by atoms with Gasteiger partial charge in [0.25, 0.3) is 11.6 Å². The van der Waals surface area contributed by atoms with Crippen LogP contribution in [0.25, 0.3) is 0 Å². The van der Waals surface area contributed by atoms with Crippen LogP contribution in [0.5, 0.6) is 0 Å². The van der Waals surface area contributed by atoms with Crippen molar-refractivity contribution in [3.05, 3.63) is 104 Å². The van der Waals surface area contributed by atoms with E-state index in [1.54, 1.807) is 30.3 Å². The molecular formula is C23H21BrN4O5S. The predicted molar refractivity (Wildman–Crippen MR) is 132 cm³/mol. The summed E-state index contributed by atoms with van der Waals surface area (Å²) in [5.74, 6) is -0.692. The zero-order valence-electron chi connectivity index (χ0n) is 18.1. The van der Waals surface area contributed by atoms with E-state index in [-0.39, 0.29) is 22.7 Å². The fraction of sp³-hybridized carbons (Fsp3) is 0.130. The van der Waals surface area contributed by atoms with Gasteiger partial charge in [-0.3, -0.25) is 14.9 Å². The quantitative estimate of drug-likeness (QED) is 0.247. The Kier molecular flexibility index (Phi) is 8.26. The zero-order chi connectivity index (χ0) is 24.7. The lowest BCUT2D eigenvalue weighted by molar-refractivity contribution is -0.385. The number of hydrogen-bond acceptors (Lipinski definition) is 6. The molecule has 0 spiro atoms. The summed E-state index contributed by atoms with van der Waals surface area (Å²) < 4.78 is 28.3. The maximum absolute atomic E-state index is 13.3. The monoisotopic (exact) mass is 544 g/mol. The van der Waals surface area contributed by atoms with Gasteiger partial charge in [0, 0.05) is 17.1 Å². The third kappa shape index (κ3) is 6.56. The number of nitrogens with zero attached hydrogens (tertiary/aromatic N) is 3. The van der Waals surface area contributed by atoms with Gasteiger partial charge in [0.1, 0.15) is 0 Å². The first-order chi connectivity index (χ1) is 16.2. The summed E-state index contributed by atoms with van der Waals surface area (Å²) >= 11 is 3.28. The van der Waals surface area contributed by atoms with Crippen molar-refractivity contribution in [1.82, 2.24) is 9.73 Å². The molecule has 1 N–H and O–H groups in total. The molecule has 3 aromatic carbocycles. The molecule has 0 unspecified atom stereocenters. The van der Waals surface area contributed by atoms with Crippen LogP contribution in [0.4, 0.5) is 5.69 Å². The van der Waals surface area contributed by atoms with Crippen molar-refractivity contribution in [2.75, 3.05) is 6.54 Å². The topological polar surface area (TPSA) is 122 Å². The Morgan fingerprint density at radius 1 is 1.09 bits per heavy atom. The minimum absolute atomic E-state index is 0.0278. The van der Waals surface area contributed by atoms with Crippen LogP contribution < -0.4 is 5.43 Å². The SMILES string of the molecule is Cc1ccc(CN(CC(=O)N/N=C\c2ccccc2[N+](=O)[O-])S(=O)(=O)c2ccc(Br)cc2)cc1. The van der Waals surface area contributed by atoms with Gasteiger partial charge in [0.05, 0.1) is 28.1 Å². The van der Waals surface area contributed by atoms with Gasteiger partial charge in [-0.1, -0.05) is 57.9 Å². The lowest BCUT2D eigenvalue weighted by Gasteiger charge is -2.21. The third-order valence-corrected chi connectivity index (χ3v) is 7.11. The summed E-state index contributed by atoms with van der Waals surface area (Å²) in [6.07, 6.45) is 1.14. The molecule has 0 saturated heterocycles. The second-order valence-electron chi connectivity index (χ2n) is 7.32. The first-order valence-electron chi connectivity index (χ1n) is 10.0. The first kappa shape index (κ1) is 25.2. The van der Waals surface area contributed by atoms with E-state index in [0.29, 0.717) is 5.56 Å². The number of carbonyl (C=O) groups is 1. The van der Waals surface area contributed by atoms with Crippen LogP contribution in [0, 0.1) is 17.0 Å². The van der Waals surface area contributed by atoms with Gasteiger partial charge < -0.3 is 0 Å². The summed E-state index contributed by atoms with van der Waals surface area (Å²) in [5.41, 5.74) is 4.02. The van der Waals surface area contributed by atoms with Crippen LogP contribution in [-0.2, 0) is 21.4 Å². The van der Waals surface area contributed by atoms with E-state index in [1.807, 2.05) is 19.1 Å². The maximum Gasteiger partial charge on any atom is 0.278 e. The van der Waals surface area contributed by atoms with E-state index in [9.17, 15) is 23.3 Å². The number of hydrogen-bond donors (Lipinski definition) is 1. The van der Waals surface area contributed by atoms with Gasteiger partial charge >= 0.3 is 0 Å². The Bertz CT molecular complexity index is 1310. The molecule has 0 aliphatic carbocycles. The van der Waals surface area contributed by atoms with Crippen LogP contribution in [0.2, 0.25) is 0 Å². The fourth-order valence-corrected chi connectivity index (χ4v) is 4.66. The molecule has 1 amide bonds. The molecule has 3 aromatic rings. The minimum atomic E-state index is -4.01. The average molecular weight is 545 g/mol. The van der Waals surface area contributed by atoms with Gasteiger partial charge in [0.15, 0.2) is 0 Å².